The maximum absolute atomic E-state index is 12.3. The summed E-state index contributed by atoms with van der Waals surface area (Å²) in [5.74, 6) is -1.16. The highest BCUT2D eigenvalue weighted by Gasteiger charge is 2.20. The van der Waals surface area contributed by atoms with Crippen LogP contribution in [0.3, 0.4) is 0 Å². The monoisotopic (exact) mass is 314 g/mol. The lowest BCUT2D eigenvalue weighted by molar-refractivity contribution is 0.0696. The maximum Gasteiger partial charge on any atom is 0.335 e. The topological polar surface area (TPSA) is 95.5 Å². The Kier molecular flexibility index (Phi) is 6.17. The molecule has 3 N–H and O–H groups in total. The molecule has 6 nitrogen and oxygen atoms in total. The standard InChI is InChI=1S/C14H22N2O4S/c1-4-5-8-15-21(19,20)13-9-11(14(17)18)6-7-12(13)16-10(2)3/h6-7,9-10,15-16H,4-5,8H2,1-3H3,(H,17,18). The number of hydrogen-bond donors (Lipinski definition) is 3. The smallest absolute Gasteiger partial charge is 0.335 e. The van der Waals surface area contributed by atoms with Crippen molar-refractivity contribution < 1.29 is 18.3 Å². The number of benzene rings is 1. The lowest BCUT2D eigenvalue weighted by atomic mass is 10.2. The third kappa shape index (κ3) is 5.02. The molecule has 0 aliphatic carbocycles. The first-order valence-electron chi connectivity index (χ1n) is 6.91. The predicted molar refractivity (Wildman–Crippen MR) is 82.3 cm³/mol. The summed E-state index contributed by atoms with van der Waals surface area (Å²) in [5.41, 5.74) is 0.346. The van der Waals surface area contributed by atoms with E-state index in [9.17, 15) is 13.2 Å². The average molecular weight is 314 g/mol. The van der Waals surface area contributed by atoms with E-state index in [2.05, 4.69) is 10.0 Å². The van der Waals surface area contributed by atoms with Crippen LogP contribution in [0.25, 0.3) is 0 Å². The molecule has 0 aromatic heterocycles. The second kappa shape index (κ2) is 7.42. The van der Waals surface area contributed by atoms with Gasteiger partial charge in [-0.1, -0.05) is 13.3 Å². The second-order valence-corrected chi connectivity index (χ2v) is 6.80. The van der Waals surface area contributed by atoms with Crippen LogP contribution in [0.4, 0.5) is 5.69 Å². The van der Waals surface area contributed by atoms with Gasteiger partial charge in [-0.3, -0.25) is 0 Å². The van der Waals surface area contributed by atoms with Gasteiger partial charge in [0.2, 0.25) is 10.0 Å². The fraction of sp³-hybridized carbons (Fsp3) is 0.500. The van der Waals surface area contributed by atoms with Crippen molar-refractivity contribution in [2.45, 2.75) is 44.6 Å². The van der Waals surface area contributed by atoms with Crippen LogP contribution in [0.15, 0.2) is 23.1 Å². The molecule has 0 amide bonds. The van der Waals surface area contributed by atoms with E-state index in [1.54, 1.807) is 0 Å². The molecule has 0 atom stereocenters. The number of carboxylic acid groups (broad SMARTS) is 1. The number of aromatic carboxylic acids is 1. The molecule has 118 valence electrons. The summed E-state index contributed by atoms with van der Waals surface area (Å²) >= 11 is 0. The van der Waals surface area contributed by atoms with E-state index < -0.39 is 16.0 Å². The van der Waals surface area contributed by atoms with Crippen molar-refractivity contribution >= 4 is 21.7 Å². The number of unbranched alkanes of at least 4 members (excludes halogenated alkanes) is 1. The fourth-order valence-corrected chi connectivity index (χ4v) is 3.04. The van der Waals surface area contributed by atoms with Crippen LogP contribution in [0.1, 0.15) is 44.0 Å². The number of rotatable bonds is 8. The zero-order valence-corrected chi connectivity index (χ0v) is 13.3. The normalized spacial score (nSPS) is 11.6. The van der Waals surface area contributed by atoms with Gasteiger partial charge in [-0.2, -0.15) is 0 Å². The van der Waals surface area contributed by atoms with E-state index in [0.717, 1.165) is 12.8 Å². The quantitative estimate of drug-likeness (QED) is 0.640. The first kappa shape index (κ1) is 17.5. The van der Waals surface area contributed by atoms with E-state index >= 15 is 0 Å². The Bertz CT molecular complexity index is 597. The van der Waals surface area contributed by atoms with Crippen molar-refractivity contribution in [3.63, 3.8) is 0 Å². The van der Waals surface area contributed by atoms with E-state index in [0.29, 0.717) is 12.2 Å². The number of anilines is 1. The van der Waals surface area contributed by atoms with Crippen LogP contribution in [-0.2, 0) is 10.0 Å². The molecule has 0 saturated carbocycles. The molecule has 0 saturated heterocycles. The lowest BCUT2D eigenvalue weighted by Gasteiger charge is -2.16. The van der Waals surface area contributed by atoms with Gasteiger partial charge in [-0.15, -0.1) is 0 Å². The molecule has 0 heterocycles. The van der Waals surface area contributed by atoms with Crippen molar-refractivity contribution in [1.82, 2.24) is 4.72 Å². The third-order valence-corrected chi connectivity index (χ3v) is 4.29. The number of sulfonamides is 1. The van der Waals surface area contributed by atoms with Crippen LogP contribution in [0, 0.1) is 0 Å². The van der Waals surface area contributed by atoms with Gasteiger partial charge in [-0.05, 0) is 38.5 Å². The molecule has 1 aromatic rings. The van der Waals surface area contributed by atoms with Gasteiger partial charge in [0.25, 0.3) is 0 Å². The molecule has 0 aliphatic heterocycles. The largest absolute Gasteiger partial charge is 0.478 e. The molecule has 21 heavy (non-hydrogen) atoms. The lowest BCUT2D eigenvalue weighted by Crippen LogP contribution is -2.26. The van der Waals surface area contributed by atoms with Crippen LogP contribution >= 0.6 is 0 Å². The van der Waals surface area contributed by atoms with Gasteiger partial charge in [0.05, 0.1) is 11.3 Å². The summed E-state index contributed by atoms with van der Waals surface area (Å²) in [4.78, 5) is 11.0. The van der Waals surface area contributed by atoms with Gasteiger partial charge in [0.1, 0.15) is 4.90 Å². The molecular formula is C14H22N2O4S. The minimum absolute atomic E-state index is 0.0327. The van der Waals surface area contributed by atoms with E-state index in [4.69, 9.17) is 5.11 Å². The Labute approximate surface area is 125 Å². The molecule has 1 rings (SSSR count). The Hall–Kier alpha value is -1.60. The van der Waals surface area contributed by atoms with Gasteiger partial charge in [0, 0.05) is 12.6 Å². The molecule has 0 unspecified atom stereocenters. The summed E-state index contributed by atoms with van der Waals surface area (Å²) in [6.07, 6.45) is 1.60. The van der Waals surface area contributed by atoms with Gasteiger partial charge < -0.3 is 10.4 Å². The summed E-state index contributed by atoms with van der Waals surface area (Å²) in [7, 11) is -3.74. The number of hydrogen-bond acceptors (Lipinski definition) is 4. The van der Waals surface area contributed by atoms with Gasteiger partial charge in [0.15, 0.2) is 0 Å². The van der Waals surface area contributed by atoms with E-state index in [1.165, 1.54) is 18.2 Å². The summed E-state index contributed by atoms with van der Waals surface area (Å²) in [6.45, 7) is 6.06. The number of carboxylic acids is 1. The minimum Gasteiger partial charge on any atom is -0.478 e. The van der Waals surface area contributed by atoms with Gasteiger partial charge >= 0.3 is 5.97 Å². The average Bonchev–Trinajstić information content (AvgIpc) is 2.38. The third-order valence-electron chi connectivity index (χ3n) is 2.78. The molecular weight excluding hydrogens is 292 g/mol. The molecule has 0 radical (unpaired) electrons. The zero-order valence-electron chi connectivity index (χ0n) is 12.5. The predicted octanol–water partition coefficient (Wildman–Crippen LogP) is 2.28. The van der Waals surface area contributed by atoms with Crippen LogP contribution < -0.4 is 10.0 Å². The van der Waals surface area contributed by atoms with Crippen LogP contribution in [0.2, 0.25) is 0 Å². The summed E-state index contributed by atoms with van der Waals surface area (Å²) in [6, 6.07) is 4.09. The summed E-state index contributed by atoms with van der Waals surface area (Å²) in [5, 5.41) is 12.1. The summed E-state index contributed by atoms with van der Waals surface area (Å²) < 4.78 is 27.2. The second-order valence-electron chi connectivity index (χ2n) is 5.07. The Morgan fingerprint density at radius 1 is 1.33 bits per heavy atom. The van der Waals surface area contributed by atoms with Crippen molar-refractivity contribution in [1.29, 1.82) is 0 Å². The minimum atomic E-state index is -3.74. The van der Waals surface area contributed by atoms with Crippen molar-refractivity contribution in [3.8, 4) is 0 Å². The molecule has 0 aliphatic rings. The number of carbonyl (C=O) groups is 1. The first-order valence-corrected chi connectivity index (χ1v) is 8.39. The zero-order chi connectivity index (χ0) is 16.0. The maximum atomic E-state index is 12.3. The Morgan fingerprint density at radius 3 is 2.52 bits per heavy atom. The van der Waals surface area contributed by atoms with E-state index in [1.807, 2.05) is 20.8 Å². The Morgan fingerprint density at radius 2 is 2.00 bits per heavy atom. The van der Waals surface area contributed by atoms with Crippen molar-refractivity contribution in [2.24, 2.45) is 0 Å². The fourth-order valence-electron chi connectivity index (χ4n) is 1.77. The van der Waals surface area contributed by atoms with Crippen LogP contribution in [-0.4, -0.2) is 32.1 Å². The van der Waals surface area contributed by atoms with Crippen molar-refractivity contribution in [2.75, 3.05) is 11.9 Å². The highest BCUT2D eigenvalue weighted by molar-refractivity contribution is 7.89. The highest BCUT2D eigenvalue weighted by atomic mass is 32.2. The SMILES string of the molecule is CCCCNS(=O)(=O)c1cc(C(=O)O)ccc1NC(C)C. The van der Waals surface area contributed by atoms with Crippen LogP contribution in [0.5, 0.6) is 0 Å². The number of nitrogens with one attached hydrogen (secondary N) is 2. The van der Waals surface area contributed by atoms with Crippen molar-refractivity contribution in [3.05, 3.63) is 23.8 Å². The molecule has 1 aromatic carbocycles. The van der Waals surface area contributed by atoms with E-state index in [-0.39, 0.29) is 16.5 Å². The van der Waals surface area contributed by atoms with Gasteiger partial charge in [-0.25, -0.2) is 17.9 Å². The molecule has 7 heteroatoms. The molecule has 0 fully saturated rings. The Balaban J connectivity index is 3.21. The highest BCUT2D eigenvalue weighted by Crippen LogP contribution is 2.23. The molecule has 0 spiro atoms. The molecule has 0 bridgehead atoms. The first-order chi connectivity index (χ1) is 9.77.